The van der Waals surface area contributed by atoms with Crippen molar-refractivity contribution in [1.29, 1.82) is 0 Å². The van der Waals surface area contributed by atoms with Gasteiger partial charge in [-0.2, -0.15) is 0 Å². The Morgan fingerprint density at radius 2 is 2.00 bits per heavy atom. The molecule has 2 fully saturated rings. The number of piperidine rings is 1. The summed E-state index contributed by atoms with van der Waals surface area (Å²) in [6.07, 6.45) is 3.46. The number of aryl methyl sites for hydroxylation is 1. The third kappa shape index (κ3) is 2.52. The highest BCUT2D eigenvalue weighted by atomic mass is 79.9. The van der Waals surface area contributed by atoms with E-state index in [1.807, 2.05) is 28.7 Å². The van der Waals surface area contributed by atoms with Gasteiger partial charge < -0.3 is 18.9 Å². The molecule has 110 valence electrons. The summed E-state index contributed by atoms with van der Waals surface area (Å²) in [6, 6.07) is 1.89. The lowest BCUT2D eigenvalue weighted by atomic mass is 10.0. The topological polar surface area (TPSA) is 43.7 Å². The normalized spacial score (nSPS) is 21.6. The molecule has 0 atom stereocenters. The quantitative estimate of drug-likeness (QED) is 0.827. The lowest BCUT2D eigenvalue weighted by Gasteiger charge is -2.37. The number of carbonyl (C=O) groups is 1. The van der Waals surface area contributed by atoms with Gasteiger partial charge in [0, 0.05) is 43.1 Å². The number of carbonyl (C=O) groups excluding carboxylic acids is 1. The van der Waals surface area contributed by atoms with Gasteiger partial charge >= 0.3 is 0 Å². The van der Waals surface area contributed by atoms with Crippen molar-refractivity contribution in [2.24, 2.45) is 0 Å². The van der Waals surface area contributed by atoms with Crippen LogP contribution in [0.5, 0.6) is 0 Å². The zero-order valence-corrected chi connectivity index (χ0v) is 13.2. The molecule has 3 heterocycles. The van der Waals surface area contributed by atoms with Gasteiger partial charge in [-0.05, 0) is 28.9 Å². The summed E-state index contributed by atoms with van der Waals surface area (Å²) in [6.45, 7) is 5.53. The second-order valence-electron chi connectivity index (χ2n) is 5.23. The molecule has 2 aliphatic heterocycles. The van der Waals surface area contributed by atoms with Crippen LogP contribution in [-0.4, -0.2) is 47.5 Å². The maximum absolute atomic E-state index is 12.6. The van der Waals surface area contributed by atoms with E-state index >= 15 is 0 Å². The molecule has 0 bridgehead atoms. The van der Waals surface area contributed by atoms with Gasteiger partial charge in [0.25, 0.3) is 5.91 Å². The zero-order chi connectivity index (χ0) is 14.2. The molecule has 0 aromatic carbocycles. The summed E-state index contributed by atoms with van der Waals surface area (Å²) in [5, 5.41) is 0. The maximum atomic E-state index is 12.6. The highest BCUT2D eigenvalue weighted by Gasteiger charge is 2.41. The third-order valence-electron chi connectivity index (χ3n) is 4.05. The molecule has 6 heteroatoms. The van der Waals surface area contributed by atoms with E-state index in [1.54, 1.807) is 0 Å². The number of hydrogen-bond acceptors (Lipinski definition) is 3. The fourth-order valence-electron chi connectivity index (χ4n) is 2.91. The Balaban J connectivity index is 1.69. The summed E-state index contributed by atoms with van der Waals surface area (Å²) in [5.41, 5.74) is 0.739. The van der Waals surface area contributed by atoms with Gasteiger partial charge in [0.05, 0.1) is 13.2 Å². The van der Waals surface area contributed by atoms with E-state index in [-0.39, 0.29) is 5.91 Å². The fourth-order valence-corrected chi connectivity index (χ4v) is 3.38. The van der Waals surface area contributed by atoms with E-state index in [2.05, 4.69) is 15.9 Å². The van der Waals surface area contributed by atoms with E-state index in [0.29, 0.717) is 26.3 Å². The van der Waals surface area contributed by atoms with Crippen LogP contribution in [0.4, 0.5) is 0 Å². The lowest BCUT2D eigenvalue weighted by molar-refractivity contribution is -0.181. The molecule has 3 rings (SSSR count). The van der Waals surface area contributed by atoms with Crippen LogP contribution in [0.15, 0.2) is 16.7 Å². The highest BCUT2D eigenvalue weighted by Crippen LogP contribution is 2.32. The van der Waals surface area contributed by atoms with Crippen molar-refractivity contribution in [3.8, 4) is 0 Å². The predicted octanol–water partition coefficient (Wildman–Crippen LogP) is 2.25. The summed E-state index contributed by atoms with van der Waals surface area (Å²) >= 11 is 3.43. The number of aromatic nitrogens is 1. The van der Waals surface area contributed by atoms with Crippen LogP contribution in [0.1, 0.15) is 30.3 Å². The van der Waals surface area contributed by atoms with Crippen LogP contribution in [0.25, 0.3) is 0 Å². The fraction of sp³-hybridized carbons (Fsp3) is 0.643. The van der Waals surface area contributed by atoms with E-state index < -0.39 is 5.79 Å². The van der Waals surface area contributed by atoms with Crippen LogP contribution < -0.4 is 0 Å². The minimum absolute atomic E-state index is 0.0883. The first-order valence-electron chi connectivity index (χ1n) is 7.06. The number of nitrogens with zero attached hydrogens (tertiary/aromatic N) is 2. The van der Waals surface area contributed by atoms with E-state index in [0.717, 1.165) is 29.6 Å². The number of halogens is 1. The van der Waals surface area contributed by atoms with Gasteiger partial charge in [0.1, 0.15) is 5.69 Å². The molecular formula is C14H19BrN2O3. The molecule has 0 unspecified atom stereocenters. The molecule has 0 aliphatic carbocycles. The molecule has 1 aromatic rings. The Morgan fingerprint density at radius 3 is 2.60 bits per heavy atom. The minimum atomic E-state index is -0.426. The van der Waals surface area contributed by atoms with Crippen molar-refractivity contribution in [2.75, 3.05) is 26.3 Å². The molecule has 5 nitrogen and oxygen atoms in total. The van der Waals surface area contributed by atoms with Crippen molar-refractivity contribution < 1.29 is 14.3 Å². The largest absolute Gasteiger partial charge is 0.347 e. The Bertz CT molecular complexity index is 499. The van der Waals surface area contributed by atoms with E-state index in [9.17, 15) is 4.79 Å². The second kappa shape index (κ2) is 5.50. The summed E-state index contributed by atoms with van der Waals surface area (Å²) in [4.78, 5) is 14.5. The smallest absolute Gasteiger partial charge is 0.270 e. The van der Waals surface area contributed by atoms with Crippen LogP contribution >= 0.6 is 15.9 Å². The molecule has 20 heavy (non-hydrogen) atoms. The summed E-state index contributed by atoms with van der Waals surface area (Å²) in [7, 11) is 0. The summed E-state index contributed by atoms with van der Waals surface area (Å²) in [5.74, 6) is -0.338. The number of rotatable bonds is 2. The zero-order valence-electron chi connectivity index (χ0n) is 11.6. The Hall–Kier alpha value is -0.850. The SMILES string of the molecule is CCn1cc(Br)cc1C(=O)N1CCC2(CC1)OCCO2. The maximum Gasteiger partial charge on any atom is 0.270 e. The molecule has 1 spiro atoms. The third-order valence-corrected chi connectivity index (χ3v) is 4.48. The molecule has 1 amide bonds. The number of amides is 1. The highest BCUT2D eigenvalue weighted by molar-refractivity contribution is 9.10. The number of hydrogen-bond donors (Lipinski definition) is 0. The van der Waals surface area contributed by atoms with Gasteiger partial charge in [-0.15, -0.1) is 0 Å². The Kier molecular flexibility index (Phi) is 3.88. The first-order chi connectivity index (χ1) is 9.63. The van der Waals surface area contributed by atoms with Crippen molar-refractivity contribution in [3.63, 3.8) is 0 Å². The number of likely N-dealkylation sites (tertiary alicyclic amines) is 1. The van der Waals surface area contributed by atoms with E-state index in [1.165, 1.54) is 0 Å². The molecule has 2 aliphatic rings. The van der Waals surface area contributed by atoms with Gasteiger partial charge in [-0.1, -0.05) is 0 Å². The average Bonchev–Trinajstić information content (AvgIpc) is 3.06. The van der Waals surface area contributed by atoms with Crippen molar-refractivity contribution in [3.05, 3.63) is 22.4 Å². The van der Waals surface area contributed by atoms with Gasteiger partial charge in [-0.3, -0.25) is 4.79 Å². The van der Waals surface area contributed by atoms with Crippen molar-refractivity contribution in [1.82, 2.24) is 9.47 Å². The predicted molar refractivity (Wildman–Crippen MR) is 77.6 cm³/mol. The van der Waals surface area contributed by atoms with Gasteiger partial charge in [0.2, 0.25) is 0 Å². The Morgan fingerprint density at radius 1 is 1.35 bits per heavy atom. The van der Waals surface area contributed by atoms with Crippen LogP contribution in [0.3, 0.4) is 0 Å². The van der Waals surface area contributed by atoms with E-state index in [4.69, 9.17) is 9.47 Å². The molecular weight excluding hydrogens is 324 g/mol. The molecule has 2 saturated heterocycles. The monoisotopic (exact) mass is 342 g/mol. The van der Waals surface area contributed by atoms with Gasteiger partial charge in [-0.25, -0.2) is 0 Å². The first-order valence-corrected chi connectivity index (χ1v) is 7.86. The van der Waals surface area contributed by atoms with Gasteiger partial charge in [0.15, 0.2) is 5.79 Å². The standard InChI is InChI=1S/C14H19BrN2O3/c1-2-16-10-11(15)9-12(16)13(18)17-5-3-14(4-6-17)19-7-8-20-14/h9-10H,2-8H2,1H3. The summed E-state index contributed by atoms with van der Waals surface area (Å²) < 4.78 is 14.3. The Labute approximate surface area is 127 Å². The first kappa shape index (κ1) is 14.1. The van der Waals surface area contributed by atoms with Crippen molar-refractivity contribution >= 4 is 21.8 Å². The van der Waals surface area contributed by atoms with Crippen molar-refractivity contribution in [2.45, 2.75) is 32.1 Å². The molecule has 0 radical (unpaired) electrons. The molecule has 0 N–H and O–H groups in total. The molecule has 0 saturated carbocycles. The number of ether oxygens (including phenoxy) is 2. The lowest BCUT2D eigenvalue weighted by Crippen LogP contribution is -2.47. The van der Waals surface area contributed by atoms with Crippen LogP contribution in [0, 0.1) is 0 Å². The molecule has 1 aromatic heterocycles. The van der Waals surface area contributed by atoms with Crippen LogP contribution in [-0.2, 0) is 16.0 Å². The minimum Gasteiger partial charge on any atom is -0.347 e. The van der Waals surface area contributed by atoms with Crippen LogP contribution in [0.2, 0.25) is 0 Å². The second-order valence-corrected chi connectivity index (χ2v) is 6.15. The average molecular weight is 343 g/mol.